The van der Waals surface area contributed by atoms with Gasteiger partial charge in [0, 0.05) is 30.4 Å². The minimum absolute atomic E-state index is 0.0408. The zero-order chi connectivity index (χ0) is 16.9. The number of nitrogens with zero attached hydrogens (tertiary/aromatic N) is 1. The number of hydrogen-bond acceptors (Lipinski definition) is 3. The molecule has 5 heteroatoms. The maximum Gasteiger partial charge on any atom is 0.255 e. The van der Waals surface area contributed by atoms with Crippen molar-refractivity contribution in [2.24, 2.45) is 0 Å². The summed E-state index contributed by atoms with van der Waals surface area (Å²) in [5.74, 6) is -0.103. The van der Waals surface area contributed by atoms with Crippen molar-refractivity contribution in [2.45, 2.75) is 18.9 Å². The molecule has 5 nitrogen and oxygen atoms in total. The average molecular weight is 323 g/mol. The van der Waals surface area contributed by atoms with E-state index in [0.29, 0.717) is 29.9 Å². The van der Waals surface area contributed by atoms with Crippen LogP contribution in [0.2, 0.25) is 0 Å². The van der Waals surface area contributed by atoms with E-state index in [9.17, 15) is 9.59 Å². The van der Waals surface area contributed by atoms with Crippen molar-refractivity contribution in [1.82, 2.24) is 10.2 Å². The van der Waals surface area contributed by atoms with E-state index in [2.05, 4.69) is 5.32 Å². The lowest BCUT2D eigenvalue weighted by Gasteiger charge is -2.32. The topological polar surface area (TPSA) is 75.4 Å². The molecule has 0 spiro atoms. The van der Waals surface area contributed by atoms with Gasteiger partial charge in [-0.15, -0.1) is 0 Å². The Bertz CT molecular complexity index is 722. The summed E-state index contributed by atoms with van der Waals surface area (Å²) in [5, 5.41) is 3.04. The summed E-state index contributed by atoms with van der Waals surface area (Å²) in [5.41, 5.74) is 7.59. The fourth-order valence-electron chi connectivity index (χ4n) is 2.95. The molecule has 2 aromatic rings. The second-order valence-corrected chi connectivity index (χ2v) is 5.99. The van der Waals surface area contributed by atoms with Gasteiger partial charge in [-0.1, -0.05) is 30.3 Å². The van der Waals surface area contributed by atoms with Gasteiger partial charge < -0.3 is 16.0 Å². The van der Waals surface area contributed by atoms with Crippen LogP contribution in [0.1, 0.15) is 33.6 Å². The van der Waals surface area contributed by atoms with E-state index >= 15 is 0 Å². The number of carbonyl (C=O) groups is 2. The summed E-state index contributed by atoms with van der Waals surface area (Å²) in [7, 11) is 0. The Morgan fingerprint density at radius 3 is 2.25 bits per heavy atom. The van der Waals surface area contributed by atoms with Gasteiger partial charge in [-0.2, -0.15) is 0 Å². The smallest absolute Gasteiger partial charge is 0.255 e. The number of piperidine rings is 1. The third-order valence-corrected chi connectivity index (χ3v) is 4.34. The Hall–Kier alpha value is -2.82. The lowest BCUT2D eigenvalue weighted by Crippen LogP contribution is -2.46. The van der Waals surface area contributed by atoms with Crippen molar-refractivity contribution < 1.29 is 9.59 Å². The molecule has 0 saturated carbocycles. The SMILES string of the molecule is Nc1ccccc1C(=O)N1CCC(NC(=O)c2ccccc2)CC1. The first-order valence-electron chi connectivity index (χ1n) is 8.15. The number of hydrogen-bond donors (Lipinski definition) is 2. The van der Waals surface area contributed by atoms with Crippen molar-refractivity contribution in [1.29, 1.82) is 0 Å². The standard InChI is InChI=1S/C19H21N3O2/c20-17-9-5-4-8-16(17)19(24)22-12-10-15(11-13-22)21-18(23)14-6-2-1-3-7-14/h1-9,15H,10-13,20H2,(H,21,23). The quantitative estimate of drug-likeness (QED) is 0.851. The molecule has 1 aliphatic heterocycles. The number of amides is 2. The number of rotatable bonds is 3. The van der Waals surface area contributed by atoms with Gasteiger partial charge in [-0.3, -0.25) is 9.59 Å². The molecule has 0 radical (unpaired) electrons. The average Bonchev–Trinajstić information content (AvgIpc) is 2.63. The van der Waals surface area contributed by atoms with Crippen LogP contribution < -0.4 is 11.1 Å². The fourth-order valence-corrected chi connectivity index (χ4v) is 2.95. The van der Waals surface area contributed by atoms with Gasteiger partial charge in [0.25, 0.3) is 11.8 Å². The van der Waals surface area contributed by atoms with Crippen LogP contribution in [0.4, 0.5) is 5.69 Å². The molecule has 0 aliphatic carbocycles. The summed E-state index contributed by atoms with van der Waals surface area (Å²) >= 11 is 0. The molecular weight excluding hydrogens is 302 g/mol. The van der Waals surface area contributed by atoms with Gasteiger partial charge in [0.2, 0.25) is 0 Å². The number of likely N-dealkylation sites (tertiary alicyclic amines) is 1. The largest absolute Gasteiger partial charge is 0.398 e. The Morgan fingerprint density at radius 2 is 1.58 bits per heavy atom. The number of nitrogens with two attached hydrogens (primary N) is 1. The molecule has 124 valence electrons. The summed E-state index contributed by atoms with van der Waals surface area (Å²) in [6, 6.07) is 16.4. The predicted octanol–water partition coefficient (Wildman–Crippen LogP) is 2.30. The van der Waals surface area contributed by atoms with Gasteiger partial charge >= 0.3 is 0 Å². The van der Waals surface area contributed by atoms with Gasteiger partial charge in [0.05, 0.1) is 5.56 Å². The molecule has 0 aromatic heterocycles. The van der Waals surface area contributed by atoms with E-state index in [-0.39, 0.29) is 17.9 Å². The minimum Gasteiger partial charge on any atom is -0.398 e. The van der Waals surface area contributed by atoms with Gasteiger partial charge in [-0.25, -0.2) is 0 Å². The van der Waals surface area contributed by atoms with Crippen molar-refractivity contribution in [3.05, 3.63) is 65.7 Å². The van der Waals surface area contributed by atoms with Crippen molar-refractivity contribution in [3.63, 3.8) is 0 Å². The molecule has 1 heterocycles. The lowest BCUT2D eigenvalue weighted by molar-refractivity contribution is 0.0699. The lowest BCUT2D eigenvalue weighted by atomic mass is 10.0. The van der Waals surface area contributed by atoms with Crippen LogP contribution in [0, 0.1) is 0 Å². The van der Waals surface area contributed by atoms with Crippen LogP contribution in [0.3, 0.4) is 0 Å². The Labute approximate surface area is 141 Å². The van der Waals surface area contributed by atoms with Crippen LogP contribution in [0.25, 0.3) is 0 Å². The van der Waals surface area contributed by atoms with Gasteiger partial charge in [0.1, 0.15) is 0 Å². The molecule has 2 aromatic carbocycles. The fraction of sp³-hybridized carbons (Fsp3) is 0.263. The van der Waals surface area contributed by atoms with E-state index < -0.39 is 0 Å². The maximum absolute atomic E-state index is 12.5. The highest BCUT2D eigenvalue weighted by molar-refractivity contribution is 5.99. The van der Waals surface area contributed by atoms with Crippen LogP contribution >= 0.6 is 0 Å². The monoisotopic (exact) mass is 323 g/mol. The molecule has 3 N–H and O–H groups in total. The van der Waals surface area contributed by atoms with Crippen LogP contribution in [0.15, 0.2) is 54.6 Å². The Balaban J connectivity index is 1.55. The molecule has 1 aliphatic rings. The van der Waals surface area contributed by atoms with E-state index in [1.807, 2.05) is 30.3 Å². The number of benzene rings is 2. The molecule has 0 unspecified atom stereocenters. The first-order valence-corrected chi connectivity index (χ1v) is 8.15. The first kappa shape index (κ1) is 16.1. The van der Waals surface area contributed by atoms with Gasteiger partial charge in [-0.05, 0) is 37.1 Å². The molecule has 0 bridgehead atoms. The van der Waals surface area contributed by atoms with Crippen molar-refractivity contribution in [3.8, 4) is 0 Å². The van der Waals surface area contributed by atoms with Crippen molar-refractivity contribution >= 4 is 17.5 Å². The van der Waals surface area contributed by atoms with Gasteiger partial charge in [0.15, 0.2) is 0 Å². The second kappa shape index (κ2) is 7.17. The second-order valence-electron chi connectivity index (χ2n) is 5.99. The van der Waals surface area contributed by atoms with E-state index in [1.54, 1.807) is 29.2 Å². The normalized spacial score (nSPS) is 15.1. The highest BCUT2D eigenvalue weighted by atomic mass is 16.2. The first-order chi connectivity index (χ1) is 11.6. The minimum atomic E-state index is -0.0623. The van der Waals surface area contributed by atoms with Crippen molar-refractivity contribution in [2.75, 3.05) is 18.8 Å². The Morgan fingerprint density at radius 1 is 0.958 bits per heavy atom. The highest BCUT2D eigenvalue weighted by Crippen LogP contribution is 2.18. The number of nitrogen functional groups attached to an aromatic ring is 1. The summed E-state index contributed by atoms with van der Waals surface area (Å²) in [6.07, 6.45) is 1.49. The third kappa shape index (κ3) is 3.56. The molecule has 0 atom stereocenters. The summed E-state index contributed by atoms with van der Waals surface area (Å²) < 4.78 is 0. The number of anilines is 1. The van der Waals surface area contributed by atoms with E-state index in [4.69, 9.17) is 5.73 Å². The third-order valence-electron chi connectivity index (χ3n) is 4.34. The molecule has 3 rings (SSSR count). The molecule has 24 heavy (non-hydrogen) atoms. The number of carbonyl (C=O) groups excluding carboxylic acids is 2. The maximum atomic E-state index is 12.5. The number of nitrogens with one attached hydrogen (secondary N) is 1. The predicted molar refractivity (Wildman–Crippen MR) is 93.7 cm³/mol. The zero-order valence-electron chi connectivity index (χ0n) is 13.4. The number of para-hydroxylation sites is 1. The zero-order valence-corrected chi connectivity index (χ0v) is 13.4. The van der Waals surface area contributed by atoms with Crippen LogP contribution in [-0.2, 0) is 0 Å². The summed E-state index contributed by atoms with van der Waals surface area (Å²) in [6.45, 7) is 1.24. The molecule has 1 fully saturated rings. The Kier molecular flexibility index (Phi) is 4.79. The van der Waals surface area contributed by atoms with Crippen LogP contribution in [-0.4, -0.2) is 35.8 Å². The molecule has 1 saturated heterocycles. The molecular formula is C19H21N3O2. The highest BCUT2D eigenvalue weighted by Gasteiger charge is 2.25. The van der Waals surface area contributed by atoms with E-state index in [1.165, 1.54) is 0 Å². The van der Waals surface area contributed by atoms with Crippen LogP contribution in [0.5, 0.6) is 0 Å². The molecule has 2 amide bonds. The summed E-state index contributed by atoms with van der Waals surface area (Å²) in [4.78, 5) is 26.5. The van der Waals surface area contributed by atoms with E-state index in [0.717, 1.165) is 12.8 Å².